The second-order valence-electron chi connectivity index (χ2n) is 4.47. The summed E-state index contributed by atoms with van der Waals surface area (Å²) in [6.07, 6.45) is 2.91. The molecule has 3 aromatic heterocycles. The van der Waals surface area contributed by atoms with Gasteiger partial charge >= 0.3 is 5.97 Å². The monoisotopic (exact) mass is 302 g/mol. The van der Waals surface area contributed by atoms with Crippen molar-refractivity contribution in [2.45, 2.75) is 13.8 Å². The van der Waals surface area contributed by atoms with E-state index < -0.39 is 5.97 Å². The Morgan fingerprint density at radius 3 is 2.91 bits per heavy atom. The van der Waals surface area contributed by atoms with Crippen molar-refractivity contribution in [1.82, 2.24) is 29.9 Å². The number of nitrogens with zero attached hydrogens (tertiary/aromatic N) is 5. The molecular weight excluding hydrogens is 288 g/mol. The summed E-state index contributed by atoms with van der Waals surface area (Å²) >= 11 is 0. The lowest BCUT2D eigenvalue weighted by Gasteiger charge is -2.03. The third-order valence-corrected chi connectivity index (χ3v) is 3.02. The van der Waals surface area contributed by atoms with Gasteiger partial charge in [-0.25, -0.2) is 14.5 Å². The predicted octanol–water partition coefficient (Wildman–Crippen LogP) is 1.03. The maximum absolute atomic E-state index is 11.7. The van der Waals surface area contributed by atoms with Crippen molar-refractivity contribution in [3.05, 3.63) is 23.7 Å². The number of ether oxygens (including phenoxy) is 2. The number of aromatic amines is 1. The van der Waals surface area contributed by atoms with Gasteiger partial charge in [0.2, 0.25) is 5.88 Å². The summed E-state index contributed by atoms with van der Waals surface area (Å²) in [5.41, 5.74) is 2.29. The molecule has 9 heteroatoms. The molecule has 0 atom stereocenters. The molecule has 3 rings (SSSR count). The van der Waals surface area contributed by atoms with Crippen LogP contribution in [0.3, 0.4) is 0 Å². The smallest absolute Gasteiger partial charge is 0.341 e. The van der Waals surface area contributed by atoms with E-state index in [0.717, 1.165) is 5.69 Å². The van der Waals surface area contributed by atoms with Crippen LogP contribution in [0.5, 0.6) is 5.88 Å². The highest BCUT2D eigenvalue weighted by Crippen LogP contribution is 2.23. The van der Waals surface area contributed by atoms with E-state index in [1.54, 1.807) is 6.92 Å². The van der Waals surface area contributed by atoms with Gasteiger partial charge in [-0.15, -0.1) is 0 Å². The third-order valence-electron chi connectivity index (χ3n) is 3.02. The second kappa shape index (κ2) is 5.43. The van der Waals surface area contributed by atoms with Gasteiger partial charge < -0.3 is 9.47 Å². The SMILES string of the molecule is CCOC(=O)c1cnn(-c2nc(OC)c3n[nH]c(C)c3n2)c1. The Labute approximate surface area is 125 Å². The van der Waals surface area contributed by atoms with Crippen LogP contribution in [0.25, 0.3) is 17.0 Å². The van der Waals surface area contributed by atoms with Crippen molar-refractivity contribution in [3.8, 4) is 11.8 Å². The zero-order valence-corrected chi connectivity index (χ0v) is 12.3. The van der Waals surface area contributed by atoms with E-state index in [1.165, 1.54) is 24.2 Å². The number of carbonyl (C=O) groups excluding carboxylic acids is 1. The van der Waals surface area contributed by atoms with Gasteiger partial charge in [-0.3, -0.25) is 5.10 Å². The fraction of sp³-hybridized carbons (Fsp3) is 0.308. The molecule has 0 radical (unpaired) electrons. The average molecular weight is 302 g/mol. The topological polar surface area (TPSA) is 108 Å². The Kier molecular flexibility index (Phi) is 3.45. The number of carbonyl (C=O) groups is 1. The molecule has 0 aromatic carbocycles. The van der Waals surface area contributed by atoms with Crippen LogP contribution in [0.4, 0.5) is 0 Å². The number of H-pyrrole nitrogens is 1. The fourth-order valence-electron chi connectivity index (χ4n) is 1.97. The molecule has 0 unspecified atom stereocenters. The van der Waals surface area contributed by atoms with E-state index in [9.17, 15) is 4.79 Å². The highest BCUT2D eigenvalue weighted by atomic mass is 16.5. The molecule has 0 spiro atoms. The molecule has 0 aliphatic carbocycles. The lowest BCUT2D eigenvalue weighted by Crippen LogP contribution is -2.05. The highest BCUT2D eigenvalue weighted by Gasteiger charge is 2.16. The molecule has 0 saturated carbocycles. The molecule has 1 N–H and O–H groups in total. The number of fused-ring (bicyclic) bond motifs is 1. The first-order chi connectivity index (χ1) is 10.6. The number of aromatic nitrogens is 6. The third kappa shape index (κ3) is 2.26. The molecule has 3 heterocycles. The first-order valence-electron chi connectivity index (χ1n) is 6.63. The minimum absolute atomic E-state index is 0.282. The molecular formula is C13H14N6O3. The van der Waals surface area contributed by atoms with E-state index in [2.05, 4.69) is 25.3 Å². The van der Waals surface area contributed by atoms with E-state index in [0.29, 0.717) is 29.1 Å². The number of esters is 1. The van der Waals surface area contributed by atoms with Crippen LogP contribution >= 0.6 is 0 Å². The van der Waals surface area contributed by atoms with Crippen LogP contribution in [0.15, 0.2) is 12.4 Å². The van der Waals surface area contributed by atoms with Crippen LogP contribution in [0.2, 0.25) is 0 Å². The number of nitrogens with one attached hydrogen (secondary N) is 1. The molecule has 0 amide bonds. The standard InChI is InChI=1S/C13H14N6O3/c1-4-22-12(20)8-5-14-19(6-8)13-15-9-7(2)17-18-10(9)11(16-13)21-3/h5-6H,4H2,1-3H3,(H,17,18). The van der Waals surface area contributed by atoms with Crippen molar-refractivity contribution < 1.29 is 14.3 Å². The molecule has 0 aliphatic heterocycles. The van der Waals surface area contributed by atoms with Gasteiger partial charge in [0, 0.05) is 6.20 Å². The zero-order chi connectivity index (χ0) is 15.7. The Bertz CT molecular complexity index is 838. The molecule has 0 aliphatic rings. The van der Waals surface area contributed by atoms with Crippen LogP contribution < -0.4 is 4.74 Å². The van der Waals surface area contributed by atoms with Gasteiger partial charge in [0.1, 0.15) is 5.52 Å². The van der Waals surface area contributed by atoms with Crippen LogP contribution in [0.1, 0.15) is 23.0 Å². The highest BCUT2D eigenvalue weighted by molar-refractivity contribution is 5.88. The van der Waals surface area contributed by atoms with Crippen molar-refractivity contribution >= 4 is 17.0 Å². The van der Waals surface area contributed by atoms with Gasteiger partial charge in [-0.2, -0.15) is 15.2 Å². The van der Waals surface area contributed by atoms with Gasteiger partial charge in [0.15, 0.2) is 5.52 Å². The molecule has 22 heavy (non-hydrogen) atoms. The van der Waals surface area contributed by atoms with Gasteiger partial charge in [0.25, 0.3) is 5.95 Å². The number of aryl methyl sites for hydroxylation is 1. The van der Waals surface area contributed by atoms with Gasteiger partial charge in [-0.1, -0.05) is 0 Å². The average Bonchev–Trinajstić information content (AvgIpc) is 3.14. The second-order valence-corrected chi connectivity index (χ2v) is 4.47. The quantitative estimate of drug-likeness (QED) is 0.717. The summed E-state index contributed by atoms with van der Waals surface area (Å²) in [5.74, 6) is 0.170. The molecule has 0 fully saturated rings. The summed E-state index contributed by atoms with van der Waals surface area (Å²) in [6.45, 7) is 3.89. The number of hydrogen-bond donors (Lipinski definition) is 1. The first kappa shape index (κ1) is 14.0. The predicted molar refractivity (Wildman–Crippen MR) is 76.1 cm³/mol. The molecule has 3 aromatic rings. The normalized spacial score (nSPS) is 10.9. The summed E-state index contributed by atoms with van der Waals surface area (Å²) in [4.78, 5) is 20.3. The molecule has 114 valence electrons. The minimum Gasteiger partial charge on any atom is -0.479 e. The van der Waals surface area contributed by atoms with Crippen molar-refractivity contribution in [3.63, 3.8) is 0 Å². The van der Waals surface area contributed by atoms with E-state index in [-0.39, 0.29) is 5.95 Å². The molecule has 0 bridgehead atoms. The zero-order valence-electron chi connectivity index (χ0n) is 12.3. The molecule has 9 nitrogen and oxygen atoms in total. The Hall–Kier alpha value is -2.97. The number of rotatable bonds is 4. The van der Waals surface area contributed by atoms with Crippen molar-refractivity contribution in [2.75, 3.05) is 13.7 Å². The summed E-state index contributed by atoms with van der Waals surface area (Å²) in [6, 6.07) is 0. The summed E-state index contributed by atoms with van der Waals surface area (Å²) < 4.78 is 11.5. The lowest BCUT2D eigenvalue weighted by molar-refractivity contribution is 0.0526. The fourth-order valence-corrected chi connectivity index (χ4v) is 1.97. The Morgan fingerprint density at radius 2 is 2.18 bits per heavy atom. The Morgan fingerprint density at radius 1 is 1.36 bits per heavy atom. The van der Waals surface area contributed by atoms with E-state index in [1.807, 2.05) is 6.92 Å². The largest absolute Gasteiger partial charge is 0.479 e. The Balaban J connectivity index is 2.06. The lowest BCUT2D eigenvalue weighted by atomic mass is 10.3. The number of hydrogen-bond acceptors (Lipinski definition) is 7. The minimum atomic E-state index is -0.443. The molecule has 0 saturated heterocycles. The summed E-state index contributed by atoms with van der Waals surface area (Å²) in [5, 5.41) is 11.0. The van der Waals surface area contributed by atoms with E-state index in [4.69, 9.17) is 9.47 Å². The van der Waals surface area contributed by atoms with Gasteiger partial charge in [0.05, 0.1) is 31.2 Å². The first-order valence-corrected chi connectivity index (χ1v) is 6.63. The van der Waals surface area contributed by atoms with Crippen LogP contribution in [0, 0.1) is 6.92 Å². The van der Waals surface area contributed by atoms with Gasteiger partial charge in [-0.05, 0) is 13.8 Å². The van der Waals surface area contributed by atoms with Crippen molar-refractivity contribution in [1.29, 1.82) is 0 Å². The summed E-state index contributed by atoms with van der Waals surface area (Å²) in [7, 11) is 1.50. The maximum atomic E-state index is 11.7. The van der Waals surface area contributed by atoms with Crippen LogP contribution in [-0.2, 0) is 4.74 Å². The van der Waals surface area contributed by atoms with Crippen molar-refractivity contribution in [2.24, 2.45) is 0 Å². The maximum Gasteiger partial charge on any atom is 0.341 e. The number of methoxy groups -OCH3 is 1. The van der Waals surface area contributed by atoms with E-state index >= 15 is 0 Å². The van der Waals surface area contributed by atoms with Crippen LogP contribution in [-0.4, -0.2) is 49.6 Å².